The second kappa shape index (κ2) is 10.2. The van der Waals surface area contributed by atoms with Gasteiger partial charge in [-0.15, -0.1) is 0 Å². The Morgan fingerprint density at radius 1 is 1.06 bits per heavy atom. The molecule has 1 aliphatic rings. The Morgan fingerprint density at radius 3 is 2.68 bits per heavy atom. The molecular formula is C24H30N6O. The Morgan fingerprint density at radius 2 is 1.87 bits per heavy atom. The Hall–Kier alpha value is -3.22. The van der Waals surface area contributed by atoms with Crippen LogP contribution in [0.25, 0.3) is 11.2 Å². The highest BCUT2D eigenvalue weighted by Crippen LogP contribution is 2.20. The first kappa shape index (κ1) is 21.0. The van der Waals surface area contributed by atoms with Crippen molar-refractivity contribution in [2.75, 3.05) is 23.3 Å². The largest absolute Gasteiger partial charge is 0.355 e. The molecule has 1 fully saturated rings. The summed E-state index contributed by atoms with van der Waals surface area (Å²) in [6, 6.07) is 13.8. The molecule has 2 amide bonds. The Balaban J connectivity index is 1.31. The van der Waals surface area contributed by atoms with Gasteiger partial charge in [-0.3, -0.25) is 5.32 Å². The molecule has 2 N–H and O–H groups in total. The van der Waals surface area contributed by atoms with E-state index >= 15 is 0 Å². The third kappa shape index (κ3) is 5.90. The van der Waals surface area contributed by atoms with Gasteiger partial charge in [-0.2, -0.15) is 0 Å². The maximum Gasteiger partial charge on any atom is 0.320 e. The van der Waals surface area contributed by atoms with Crippen LogP contribution in [0.1, 0.15) is 44.6 Å². The van der Waals surface area contributed by atoms with E-state index in [2.05, 4.69) is 54.8 Å². The van der Waals surface area contributed by atoms with E-state index < -0.39 is 0 Å². The lowest BCUT2D eigenvalue weighted by Gasteiger charge is -2.27. The van der Waals surface area contributed by atoms with E-state index in [-0.39, 0.29) is 12.1 Å². The van der Waals surface area contributed by atoms with Gasteiger partial charge in [-0.05, 0) is 63.1 Å². The van der Waals surface area contributed by atoms with Gasteiger partial charge < -0.3 is 10.2 Å². The van der Waals surface area contributed by atoms with Crippen LogP contribution in [0.4, 0.5) is 16.4 Å². The molecule has 2 aromatic heterocycles. The molecule has 31 heavy (non-hydrogen) atoms. The summed E-state index contributed by atoms with van der Waals surface area (Å²) < 4.78 is 0. The van der Waals surface area contributed by atoms with E-state index in [1.807, 2.05) is 25.3 Å². The van der Waals surface area contributed by atoms with E-state index in [1.165, 1.54) is 24.8 Å². The molecule has 3 aromatic rings. The fraction of sp³-hybridized carbons (Fsp3) is 0.417. The molecule has 0 spiro atoms. The van der Waals surface area contributed by atoms with Crippen LogP contribution in [-0.4, -0.2) is 40.1 Å². The van der Waals surface area contributed by atoms with Crippen molar-refractivity contribution in [2.45, 2.75) is 51.5 Å². The molecule has 7 heteroatoms. The summed E-state index contributed by atoms with van der Waals surface area (Å²) in [4.78, 5) is 28.3. The first-order valence-corrected chi connectivity index (χ1v) is 11.2. The number of pyridine rings is 1. The fourth-order valence-corrected chi connectivity index (χ4v) is 3.94. The number of carbonyl (C=O) groups is 1. The molecule has 3 heterocycles. The Bertz CT molecular complexity index is 1000. The van der Waals surface area contributed by atoms with Crippen molar-refractivity contribution >= 4 is 28.8 Å². The second-order valence-corrected chi connectivity index (χ2v) is 8.19. The van der Waals surface area contributed by atoms with Crippen LogP contribution in [0.15, 0.2) is 48.7 Å². The van der Waals surface area contributed by atoms with Crippen LogP contribution in [0.2, 0.25) is 0 Å². The number of nitrogens with zero attached hydrogens (tertiary/aromatic N) is 4. The maximum absolute atomic E-state index is 12.4. The van der Waals surface area contributed by atoms with Crippen molar-refractivity contribution in [3.63, 3.8) is 0 Å². The van der Waals surface area contributed by atoms with E-state index in [0.29, 0.717) is 11.5 Å². The number of nitrogens with one attached hydrogen (secondary N) is 2. The zero-order chi connectivity index (χ0) is 21.5. The number of aromatic nitrogens is 3. The standard InChI is InChI=1S/C24H30N6O/c1-18(9-8-12-19-10-4-2-5-11-19)26-24(31)28-21-14-13-20-23(27-21)29-22(17-25-20)30-15-6-3-7-16-30/h2,4-5,10-11,13-14,17-18H,3,6-9,12,15-16H2,1H3,(H2,26,27,28,29,31). The number of anilines is 2. The van der Waals surface area contributed by atoms with Crippen molar-refractivity contribution in [3.05, 3.63) is 54.2 Å². The minimum absolute atomic E-state index is 0.0784. The highest BCUT2D eigenvalue weighted by Gasteiger charge is 2.14. The van der Waals surface area contributed by atoms with E-state index in [0.717, 1.165) is 43.7 Å². The number of carbonyl (C=O) groups excluding carboxylic acids is 1. The van der Waals surface area contributed by atoms with Crippen LogP contribution in [0.5, 0.6) is 0 Å². The predicted molar refractivity (Wildman–Crippen MR) is 124 cm³/mol. The van der Waals surface area contributed by atoms with Gasteiger partial charge >= 0.3 is 6.03 Å². The van der Waals surface area contributed by atoms with Gasteiger partial charge in [0.15, 0.2) is 5.65 Å². The first-order valence-electron chi connectivity index (χ1n) is 11.2. The zero-order valence-corrected chi connectivity index (χ0v) is 18.1. The summed E-state index contributed by atoms with van der Waals surface area (Å²) in [7, 11) is 0. The topological polar surface area (TPSA) is 83.0 Å². The highest BCUT2D eigenvalue weighted by molar-refractivity contribution is 5.89. The number of hydrogen-bond acceptors (Lipinski definition) is 5. The predicted octanol–water partition coefficient (Wildman–Crippen LogP) is 4.55. The van der Waals surface area contributed by atoms with Gasteiger partial charge in [0.2, 0.25) is 0 Å². The molecular weight excluding hydrogens is 388 g/mol. The minimum Gasteiger partial charge on any atom is -0.355 e. The number of piperidine rings is 1. The zero-order valence-electron chi connectivity index (χ0n) is 18.1. The van der Waals surface area contributed by atoms with Crippen LogP contribution < -0.4 is 15.5 Å². The number of aryl methyl sites for hydroxylation is 1. The van der Waals surface area contributed by atoms with Crippen molar-refractivity contribution in [1.82, 2.24) is 20.3 Å². The molecule has 0 radical (unpaired) electrons. The Kier molecular flexibility index (Phi) is 6.92. The monoisotopic (exact) mass is 418 g/mol. The van der Waals surface area contributed by atoms with Crippen LogP contribution in [-0.2, 0) is 6.42 Å². The Labute approximate surface area is 183 Å². The van der Waals surface area contributed by atoms with Crippen LogP contribution in [0.3, 0.4) is 0 Å². The van der Waals surface area contributed by atoms with Crippen molar-refractivity contribution in [1.29, 1.82) is 0 Å². The quantitative estimate of drug-likeness (QED) is 0.588. The first-order chi connectivity index (χ1) is 15.2. The van der Waals surface area contributed by atoms with Gasteiger partial charge in [-0.1, -0.05) is 30.3 Å². The van der Waals surface area contributed by atoms with Crippen LogP contribution in [0, 0.1) is 0 Å². The number of benzene rings is 1. The molecule has 1 aromatic carbocycles. The summed E-state index contributed by atoms with van der Waals surface area (Å²) >= 11 is 0. The maximum atomic E-state index is 12.4. The van der Waals surface area contributed by atoms with Crippen molar-refractivity contribution in [3.8, 4) is 0 Å². The minimum atomic E-state index is -0.251. The molecule has 0 saturated carbocycles. The van der Waals surface area contributed by atoms with Crippen LogP contribution >= 0.6 is 0 Å². The highest BCUT2D eigenvalue weighted by atomic mass is 16.2. The lowest BCUT2D eigenvalue weighted by atomic mass is 10.1. The normalized spacial score (nSPS) is 14.9. The van der Waals surface area contributed by atoms with Gasteiger partial charge in [0.05, 0.1) is 6.20 Å². The molecule has 4 rings (SSSR count). The average molecular weight is 419 g/mol. The third-order valence-corrected chi connectivity index (χ3v) is 5.64. The van der Waals surface area contributed by atoms with E-state index in [1.54, 1.807) is 6.07 Å². The summed E-state index contributed by atoms with van der Waals surface area (Å²) in [5.41, 5.74) is 2.60. The lowest BCUT2D eigenvalue weighted by Crippen LogP contribution is -2.36. The average Bonchev–Trinajstić information content (AvgIpc) is 2.80. The molecule has 1 saturated heterocycles. The van der Waals surface area contributed by atoms with Gasteiger partial charge in [0, 0.05) is 19.1 Å². The van der Waals surface area contributed by atoms with Gasteiger partial charge in [0.25, 0.3) is 0 Å². The molecule has 7 nitrogen and oxygen atoms in total. The number of amides is 2. The SMILES string of the molecule is CC(CCCc1ccccc1)NC(=O)Nc1ccc2ncc(N3CCCCC3)nc2n1. The van der Waals surface area contributed by atoms with E-state index in [9.17, 15) is 4.79 Å². The summed E-state index contributed by atoms with van der Waals surface area (Å²) in [5.74, 6) is 1.33. The number of urea groups is 1. The molecule has 1 aliphatic heterocycles. The molecule has 1 atom stereocenters. The molecule has 0 aliphatic carbocycles. The smallest absolute Gasteiger partial charge is 0.320 e. The number of rotatable bonds is 7. The number of hydrogen-bond donors (Lipinski definition) is 2. The van der Waals surface area contributed by atoms with Crippen molar-refractivity contribution < 1.29 is 4.79 Å². The fourth-order valence-electron chi connectivity index (χ4n) is 3.94. The third-order valence-electron chi connectivity index (χ3n) is 5.64. The lowest BCUT2D eigenvalue weighted by molar-refractivity contribution is 0.248. The number of fused-ring (bicyclic) bond motifs is 1. The van der Waals surface area contributed by atoms with Gasteiger partial charge in [-0.25, -0.2) is 19.7 Å². The molecule has 162 valence electrons. The molecule has 0 bridgehead atoms. The molecule has 1 unspecified atom stereocenters. The summed E-state index contributed by atoms with van der Waals surface area (Å²) in [5, 5.41) is 5.82. The second-order valence-electron chi connectivity index (χ2n) is 8.19. The van der Waals surface area contributed by atoms with E-state index in [4.69, 9.17) is 0 Å². The summed E-state index contributed by atoms with van der Waals surface area (Å²) in [6.45, 7) is 4.03. The summed E-state index contributed by atoms with van der Waals surface area (Å²) in [6.07, 6.45) is 8.39. The van der Waals surface area contributed by atoms with Crippen molar-refractivity contribution in [2.24, 2.45) is 0 Å². The van der Waals surface area contributed by atoms with Gasteiger partial charge in [0.1, 0.15) is 17.2 Å².